The number of thioether (sulfide) groups is 1. The van der Waals surface area contributed by atoms with Crippen LogP contribution in [0.5, 0.6) is 0 Å². The Bertz CT molecular complexity index is 93.8. The van der Waals surface area contributed by atoms with Gasteiger partial charge in [-0.2, -0.15) is 11.8 Å². The summed E-state index contributed by atoms with van der Waals surface area (Å²) in [6, 6.07) is 0. The molecule has 0 aromatic heterocycles. The van der Waals surface area contributed by atoms with E-state index in [1.54, 1.807) is 0 Å². The molecule has 0 radical (unpaired) electrons. The van der Waals surface area contributed by atoms with Crippen LogP contribution in [0.1, 0.15) is 19.3 Å². The highest BCUT2D eigenvalue weighted by Crippen LogP contribution is 2.31. The molecule has 0 aromatic carbocycles. The fraction of sp³-hybridized carbons (Fsp3) is 1.00. The zero-order valence-electron chi connectivity index (χ0n) is 6.31. The number of nitrogens with one attached hydrogen (secondary N) is 1. The van der Waals surface area contributed by atoms with Crippen LogP contribution in [0, 0.1) is 5.92 Å². The highest BCUT2D eigenvalue weighted by atomic mass is 32.2. The van der Waals surface area contributed by atoms with E-state index >= 15 is 0 Å². The second kappa shape index (κ2) is 3.14. The molecule has 1 aliphatic carbocycles. The van der Waals surface area contributed by atoms with Crippen LogP contribution in [0.25, 0.3) is 0 Å². The highest BCUT2D eigenvalue weighted by molar-refractivity contribution is 8.00. The number of hydrogen-bond donors (Lipinski definition) is 1. The SMILES string of the molecule is C1CC(CSC2CNC2)C1. The Kier molecular flexibility index (Phi) is 2.19. The lowest BCUT2D eigenvalue weighted by atomic mass is 9.87. The van der Waals surface area contributed by atoms with Gasteiger partial charge in [-0.15, -0.1) is 0 Å². The highest BCUT2D eigenvalue weighted by Gasteiger charge is 2.22. The van der Waals surface area contributed by atoms with Gasteiger partial charge in [-0.25, -0.2) is 0 Å². The van der Waals surface area contributed by atoms with Gasteiger partial charge in [-0.3, -0.25) is 0 Å². The van der Waals surface area contributed by atoms with E-state index in [1.165, 1.54) is 38.1 Å². The maximum Gasteiger partial charge on any atom is 0.0297 e. The molecule has 1 saturated carbocycles. The van der Waals surface area contributed by atoms with Gasteiger partial charge < -0.3 is 5.32 Å². The summed E-state index contributed by atoms with van der Waals surface area (Å²) in [4.78, 5) is 0. The van der Waals surface area contributed by atoms with E-state index in [9.17, 15) is 0 Å². The molecule has 2 fully saturated rings. The van der Waals surface area contributed by atoms with E-state index in [1.807, 2.05) is 0 Å². The molecule has 1 aliphatic heterocycles. The van der Waals surface area contributed by atoms with Crippen molar-refractivity contribution in [3.05, 3.63) is 0 Å². The molecule has 0 atom stereocenters. The van der Waals surface area contributed by atoms with E-state index in [0.717, 1.165) is 11.2 Å². The molecule has 0 bridgehead atoms. The summed E-state index contributed by atoms with van der Waals surface area (Å²) in [6.07, 6.45) is 4.51. The Morgan fingerprint density at radius 2 is 2.10 bits per heavy atom. The second-order valence-corrected chi connectivity index (χ2v) is 4.74. The Morgan fingerprint density at radius 3 is 2.50 bits per heavy atom. The Morgan fingerprint density at radius 1 is 1.30 bits per heavy atom. The van der Waals surface area contributed by atoms with Crippen molar-refractivity contribution in [1.29, 1.82) is 0 Å². The average Bonchev–Trinajstić information content (AvgIpc) is 1.70. The van der Waals surface area contributed by atoms with Gasteiger partial charge in [0.25, 0.3) is 0 Å². The predicted octanol–water partition coefficient (Wildman–Crippen LogP) is 1.49. The standard InChI is InChI=1S/C8H15NS/c1-2-7(3-1)6-10-8-4-9-5-8/h7-9H,1-6H2. The summed E-state index contributed by atoms with van der Waals surface area (Å²) >= 11 is 2.18. The van der Waals surface area contributed by atoms with Crippen LogP contribution in [-0.2, 0) is 0 Å². The first-order valence-electron chi connectivity index (χ1n) is 4.27. The van der Waals surface area contributed by atoms with E-state index in [2.05, 4.69) is 17.1 Å². The molecule has 0 spiro atoms. The molecule has 1 saturated heterocycles. The zero-order chi connectivity index (χ0) is 6.81. The molecule has 2 rings (SSSR count). The first-order chi connectivity index (χ1) is 4.95. The third kappa shape index (κ3) is 1.48. The molecule has 1 heterocycles. The van der Waals surface area contributed by atoms with Crippen LogP contribution in [0.4, 0.5) is 0 Å². The van der Waals surface area contributed by atoms with E-state index in [0.29, 0.717) is 0 Å². The topological polar surface area (TPSA) is 12.0 Å². The lowest BCUT2D eigenvalue weighted by molar-refractivity contribution is 0.352. The van der Waals surface area contributed by atoms with Gasteiger partial charge in [0.2, 0.25) is 0 Å². The minimum atomic E-state index is 0.959. The lowest BCUT2D eigenvalue weighted by Gasteiger charge is -2.31. The van der Waals surface area contributed by atoms with Crippen LogP contribution in [-0.4, -0.2) is 24.1 Å². The Balaban J connectivity index is 1.54. The van der Waals surface area contributed by atoms with Crippen LogP contribution in [0.2, 0.25) is 0 Å². The summed E-state index contributed by atoms with van der Waals surface area (Å²) in [5.41, 5.74) is 0. The van der Waals surface area contributed by atoms with Crippen molar-refractivity contribution in [2.45, 2.75) is 24.5 Å². The van der Waals surface area contributed by atoms with Gasteiger partial charge in [0.1, 0.15) is 0 Å². The fourth-order valence-electron chi connectivity index (χ4n) is 1.31. The van der Waals surface area contributed by atoms with Crippen molar-refractivity contribution in [1.82, 2.24) is 5.32 Å². The second-order valence-electron chi connectivity index (χ2n) is 3.41. The molecule has 0 amide bonds. The summed E-state index contributed by atoms with van der Waals surface area (Å²) in [6.45, 7) is 2.52. The average molecular weight is 157 g/mol. The van der Waals surface area contributed by atoms with Gasteiger partial charge in [-0.1, -0.05) is 6.42 Å². The minimum Gasteiger partial charge on any atom is -0.314 e. The zero-order valence-corrected chi connectivity index (χ0v) is 7.12. The van der Waals surface area contributed by atoms with Crippen LogP contribution < -0.4 is 5.32 Å². The van der Waals surface area contributed by atoms with Crippen LogP contribution in [0.15, 0.2) is 0 Å². The number of hydrogen-bond acceptors (Lipinski definition) is 2. The molecule has 1 N–H and O–H groups in total. The monoisotopic (exact) mass is 157 g/mol. The van der Waals surface area contributed by atoms with Gasteiger partial charge in [0.05, 0.1) is 0 Å². The molecule has 2 heteroatoms. The molecule has 2 aliphatic rings. The van der Waals surface area contributed by atoms with Crippen LogP contribution in [0.3, 0.4) is 0 Å². The van der Waals surface area contributed by atoms with E-state index in [-0.39, 0.29) is 0 Å². The molecule has 0 aromatic rings. The van der Waals surface area contributed by atoms with Gasteiger partial charge in [0, 0.05) is 18.3 Å². The Labute approximate surface area is 67.0 Å². The summed E-state index contributed by atoms with van der Waals surface area (Å²) in [5.74, 6) is 2.53. The largest absolute Gasteiger partial charge is 0.314 e. The van der Waals surface area contributed by atoms with E-state index in [4.69, 9.17) is 0 Å². The van der Waals surface area contributed by atoms with Gasteiger partial charge in [0.15, 0.2) is 0 Å². The van der Waals surface area contributed by atoms with Crippen molar-refractivity contribution >= 4 is 11.8 Å². The first kappa shape index (κ1) is 6.99. The third-order valence-electron chi connectivity index (χ3n) is 2.54. The summed E-state index contributed by atoms with van der Waals surface area (Å²) < 4.78 is 0. The molecular formula is C8H15NS. The van der Waals surface area contributed by atoms with Gasteiger partial charge >= 0.3 is 0 Å². The van der Waals surface area contributed by atoms with Crippen molar-refractivity contribution in [2.75, 3.05) is 18.8 Å². The molecule has 1 nitrogen and oxygen atoms in total. The summed E-state index contributed by atoms with van der Waals surface area (Å²) in [5, 5.41) is 4.26. The molecule has 0 unspecified atom stereocenters. The Hall–Kier alpha value is 0.310. The van der Waals surface area contributed by atoms with Crippen molar-refractivity contribution in [3.63, 3.8) is 0 Å². The van der Waals surface area contributed by atoms with Gasteiger partial charge in [-0.05, 0) is 24.5 Å². The quantitative estimate of drug-likeness (QED) is 0.666. The van der Waals surface area contributed by atoms with Crippen LogP contribution >= 0.6 is 11.8 Å². The molecule has 10 heavy (non-hydrogen) atoms. The lowest BCUT2D eigenvalue weighted by Crippen LogP contribution is -2.45. The maximum absolute atomic E-state index is 3.30. The smallest absolute Gasteiger partial charge is 0.0297 e. The van der Waals surface area contributed by atoms with Crippen molar-refractivity contribution < 1.29 is 0 Å². The number of rotatable bonds is 3. The van der Waals surface area contributed by atoms with Crippen molar-refractivity contribution in [3.8, 4) is 0 Å². The molecular weight excluding hydrogens is 142 g/mol. The predicted molar refractivity (Wildman–Crippen MR) is 46.5 cm³/mol. The summed E-state index contributed by atoms with van der Waals surface area (Å²) in [7, 11) is 0. The minimum absolute atomic E-state index is 0.959. The maximum atomic E-state index is 3.30. The molecule has 58 valence electrons. The normalized spacial score (nSPS) is 27.6. The van der Waals surface area contributed by atoms with Crippen molar-refractivity contribution in [2.24, 2.45) is 5.92 Å². The first-order valence-corrected chi connectivity index (χ1v) is 5.32. The fourth-order valence-corrected chi connectivity index (χ4v) is 2.66. The third-order valence-corrected chi connectivity index (χ3v) is 4.00. The van der Waals surface area contributed by atoms with E-state index < -0.39 is 0 Å².